The van der Waals surface area contributed by atoms with Gasteiger partial charge < -0.3 is 9.30 Å². The maximum atomic E-state index is 8.77. The maximum Gasteiger partial charge on any atom is 0.197 e. The minimum Gasteiger partial charge on any atom is -0.486 e. The Kier molecular flexibility index (Phi) is 5.26. The van der Waals surface area contributed by atoms with Crippen LogP contribution in [0.1, 0.15) is 24.0 Å². The average molecular weight is 352 g/mol. The molecular formula is C17H16N6OS. The molecule has 25 heavy (non-hydrogen) atoms. The first-order valence-electron chi connectivity index (χ1n) is 7.73. The van der Waals surface area contributed by atoms with E-state index in [0.717, 1.165) is 11.6 Å². The lowest BCUT2D eigenvalue weighted by Crippen LogP contribution is -2.07. The van der Waals surface area contributed by atoms with Gasteiger partial charge in [-0.25, -0.2) is 0 Å². The molecule has 0 fully saturated rings. The van der Waals surface area contributed by atoms with Crippen molar-refractivity contribution in [3.8, 4) is 11.8 Å². The largest absolute Gasteiger partial charge is 0.486 e. The molecule has 0 radical (unpaired) electrons. The zero-order valence-corrected chi connectivity index (χ0v) is 14.7. The van der Waals surface area contributed by atoms with E-state index < -0.39 is 0 Å². The van der Waals surface area contributed by atoms with Crippen LogP contribution in [0.2, 0.25) is 0 Å². The van der Waals surface area contributed by atoms with Gasteiger partial charge in [-0.1, -0.05) is 17.7 Å². The second-order valence-corrected chi connectivity index (χ2v) is 6.20. The normalized spacial score (nSPS) is 10.4. The van der Waals surface area contributed by atoms with Gasteiger partial charge >= 0.3 is 0 Å². The lowest BCUT2D eigenvalue weighted by Gasteiger charge is -2.08. The van der Waals surface area contributed by atoms with Crippen molar-refractivity contribution in [3.05, 3.63) is 53.5 Å². The molecule has 0 aliphatic carbocycles. The van der Waals surface area contributed by atoms with Gasteiger partial charge in [0.2, 0.25) is 0 Å². The van der Waals surface area contributed by atoms with E-state index in [1.54, 1.807) is 12.1 Å². The van der Waals surface area contributed by atoms with Crippen LogP contribution in [0.15, 0.2) is 46.6 Å². The van der Waals surface area contributed by atoms with Crippen molar-refractivity contribution in [3.63, 3.8) is 0 Å². The highest BCUT2D eigenvalue weighted by molar-refractivity contribution is 7.99. The molecule has 0 bridgehead atoms. The second-order valence-electron chi connectivity index (χ2n) is 5.22. The number of hydrogen-bond acceptors (Lipinski definition) is 7. The molecule has 1 aromatic carbocycles. The molecule has 2 heterocycles. The van der Waals surface area contributed by atoms with Gasteiger partial charge in [-0.2, -0.15) is 5.26 Å². The van der Waals surface area contributed by atoms with Crippen LogP contribution in [-0.4, -0.2) is 25.0 Å². The third-order valence-electron chi connectivity index (χ3n) is 3.45. The quantitative estimate of drug-likeness (QED) is 0.673. The molecule has 126 valence electrons. The summed E-state index contributed by atoms with van der Waals surface area (Å²) in [6.07, 6.45) is 0. The molecule has 8 heteroatoms. The van der Waals surface area contributed by atoms with Crippen molar-refractivity contribution in [1.29, 1.82) is 5.26 Å². The first-order valence-corrected chi connectivity index (χ1v) is 8.54. The highest BCUT2D eigenvalue weighted by atomic mass is 32.2. The van der Waals surface area contributed by atoms with E-state index in [0.29, 0.717) is 23.3 Å². The van der Waals surface area contributed by atoms with Crippen molar-refractivity contribution in [2.75, 3.05) is 0 Å². The molecule has 0 aliphatic rings. The van der Waals surface area contributed by atoms with Gasteiger partial charge in [-0.3, -0.25) is 0 Å². The lowest BCUT2D eigenvalue weighted by atomic mass is 10.2. The molecule has 0 N–H and O–H groups in total. The number of nitrogens with zero attached hydrogens (tertiary/aromatic N) is 6. The minimum atomic E-state index is 0.286. The monoisotopic (exact) mass is 352 g/mol. The Morgan fingerprint density at radius 1 is 1.08 bits per heavy atom. The van der Waals surface area contributed by atoms with Gasteiger partial charge in [0.15, 0.2) is 16.7 Å². The third-order valence-corrected chi connectivity index (χ3v) is 4.36. The van der Waals surface area contributed by atoms with Crippen molar-refractivity contribution in [2.45, 2.75) is 37.2 Å². The van der Waals surface area contributed by atoms with E-state index in [9.17, 15) is 0 Å². The SMILES string of the molecule is CCn1c(COc2ccc(C)cc2)nnc1Sc1ccc(C#N)nn1. The zero-order chi connectivity index (χ0) is 17.6. The van der Waals surface area contributed by atoms with Crippen LogP contribution in [0.4, 0.5) is 0 Å². The zero-order valence-electron chi connectivity index (χ0n) is 13.9. The predicted octanol–water partition coefficient (Wildman–Crippen LogP) is 3.00. The predicted molar refractivity (Wildman–Crippen MR) is 92.1 cm³/mol. The lowest BCUT2D eigenvalue weighted by molar-refractivity contribution is 0.288. The maximum absolute atomic E-state index is 8.77. The van der Waals surface area contributed by atoms with E-state index in [4.69, 9.17) is 10.00 Å². The number of benzene rings is 1. The van der Waals surface area contributed by atoms with E-state index in [-0.39, 0.29) is 5.69 Å². The van der Waals surface area contributed by atoms with Crippen LogP contribution in [0, 0.1) is 18.3 Å². The fraction of sp³-hybridized carbons (Fsp3) is 0.235. The summed E-state index contributed by atoms with van der Waals surface area (Å²) in [7, 11) is 0. The molecular weight excluding hydrogens is 336 g/mol. The van der Waals surface area contributed by atoms with Gasteiger partial charge in [0, 0.05) is 6.54 Å². The van der Waals surface area contributed by atoms with Crippen LogP contribution in [0.5, 0.6) is 5.75 Å². The molecule has 0 unspecified atom stereocenters. The smallest absolute Gasteiger partial charge is 0.197 e. The highest BCUT2D eigenvalue weighted by Crippen LogP contribution is 2.25. The molecule has 0 saturated carbocycles. The van der Waals surface area contributed by atoms with E-state index >= 15 is 0 Å². The Hall–Kier alpha value is -2.92. The van der Waals surface area contributed by atoms with Gasteiger partial charge in [0.25, 0.3) is 0 Å². The molecule has 0 saturated heterocycles. The standard InChI is InChI=1S/C17H16N6OS/c1-3-23-15(11-24-14-7-4-12(2)5-8-14)20-22-17(23)25-16-9-6-13(10-18)19-21-16/h4-9H,3,11H2,1-2H3. The number of hydrogen-bond donors (Lipinski definition) is 0. The fourth-order valence-electron chi connectivity index (χ4n) is 2.13. The van der Waals surface area contributed by atoms with Gasteiger partial charge in [0.1, 0.15) is 23.5 Å². The summed E-state index contributed by atoms with van der Waals surface area (Å²) in [6, 6.07) is 13.2. The molecule has 3 aromatic rings. The van der Waals surface area contributed by atoms with Crippen LogP contribution in [-0.2, 0) is 13.2 Å². The van der Waals surface area contributed by atoms with Gasteiger partial charge in [0.05, 0.1) is 0 Å². The van der Waals surface area contributed by atoms with Crippen molar-refractivity contribution < 1.29 is 4.74 Å². The number of rotatable bonds is 6. The summed E-state index contributed by atoms with van der Waals surface area (Å²) in [6.45, 7) is 5.11. The summed E-state index contributed by atoms with van der Waals surface area (Å²) in [4.78, 5) is 0. The molecule has 7 nitrogen and oxygen atoms in total. The summed E-state index contributed by atoms with van der Waals surface area (Å²) in [5.74, 6) is 1.54. The Bertz CT molecular complexity index is 883. The first-order chi connectivity index (χ1) is 12.2. The van der Waals surface area contributed by atoms with Crippen LogP contribution in [0.3, 0.4) is 0 Å². The highest BCUT2D eigenvalue weighted by Gasteiger charge is 2.13. The Morgan fingerprint density at radius 2 is 1.88 bits per heavy atom. The van der Waals surface area contributed by atoms with Crippen molar-refractivity contribution in [2.24, 2.45) is 0 Å². The first kappa shape index (κ1) is 16.9. The third kappa shape index (κ3) is 4.14. The van der Waals surface area contributed by atoms with Gasteiger partial charge in [-0.15, -0.1) is 20.4 Å². The number of aromatic nitrogens is 5. The summed E-state index contributed by atoms with van der Waals surface area (Å²) < 4.78 is 7.76. The number of nitriles is 1. The van der Waals surface area contributed by atoms with Gasteiger partial charge in [-0.05, 0) is 49.9 Å². The Labute approximate surface area is 149 Å². The van der Waals surface area contributed by atoms with Crippen molar-refractivity contribution in [1.82, 2.24) is 25.0 Å². The summed E-state index contributed by atoms with van der Waals surface area (Å²) in [5, 5.41) is 26.4. The van der Waals surface area contributed by atoms with E-state index in [1.165, 1.54) is 17.3 Å². The second kappa shape index (κ2) is 7.77. The molecule has 0 spiro atoms. The fourth-order valence-corrected chi connectivity index (χ4v) is 2.96. The number of aryl methyl sites for hydroxylation is 1. The van der Waals surface area contributed by atoms with E-state index in [1.807, 2.05) is 48.7 Å². The molecule has 0 amide bonds. The summed E-state index contributed by atoms with van der Waals surface area (Å²) in [5.41, 5.74) is 1.47. The molecule has 3 rings (SSSR count). The van der Waals surface area contributed by atoms with Crippen LogP contribution in [0.25, 0.3) is 0 Å². The molecule has 2 aromatic heterocycles. The molecule has 0 aliphatic heterocycles. The van der Waals surface area contributed by atoms with Crippen molar-refractivity contribution >= 4 is 11.8 Å². The van der Waals surface area contributed by atoms with Crippen LogP contribution < -0.4 is 4.74 Å². The molecule has 0 atom stereocenters. The van der Waals surface area contributed by atoms with E-state index in [2.05, 4.69) is 20.4 Å². The topological polar surface area (TPSA) is 89.5 Å². The number of ether oxygens (including phenoxy) is 1. The Balaban J connectivity index is 1.71. The minimum absolute atomic E-state index is 0.286. The average Bonchev–Trinajstić information content (AvgIpc) is 3.03. The Morgan fingerprint density at radius 3 is 2.52 bits per heavy atom. The van der Waals surface area contributed by atoms with Crippen LogP contribution >= 0.6 is 11.8 Å². The summed E-state index contributed by atoms with van der Waals surface area (Å²) >= 11 is 1.35.